The highest BCUT2D eigenvalue weighted by atomic mass is 16.5. The summed E-state index contributed by atoms with van der Waals surface area (Å²) in [5.74, 6) is 0.641. The van der Waals surface area contributed by atoms with E-state index >= 15 is 0 Å². The molecule has 6 heteroatoms. The number of nitrogens with zero attached hydrogens (tertiary/aromatic N) is 2. The molecule has 0 spiro atoms. The van der Waals surface area contributed by atoms with Gasteiger partial charge in [0.05, 0.1) is 12.7 Å². The van der Waals surface area contributed by atoms with Crippen LogP contribution in [-0.4, -0.2) is 81.5 Å². The van der Waals surface area contributed by atoms with Gasteiger partial charge in [0.25, 0.3) is 0 Å². The number of urea groups is 1. The number of rotatable bonds is 7. The summed E-state index contributed by atoms with van der Waals surface area (Å²) in [6, 6.07) is 11.6. The first-order valence-corrected chi connectivity index (χ1v) is 11.5. The molecular weight excluding hydrogens is 378 g/mol. The van der Waals surface area contributed by atoms with Crippen LogP contribution in [0.15, 0.2) is 30.3 Å². The lowest BCUT2D eigenvalue weighted by atomic mass is 9.79. The van der Waals surface area contributed by atoms with Crippen LogP contribution in [0.4, 0.5) is 4.79 Å². The summed E-state index contributed by atoms with van der Waals surface area (Å²) >= 11 is 0. The number of hydrogen-bond acceptors (Lipinski definition) is 4. The monoisotopic (exact) mass is 415 g/mol. The number of carbonyl (C=O) groups is 1. The van der Waals surface area contributed by atoms with Gasteiger partial charge in [-0.15, -0.1) is 0 Å². The Morgan fingerprint density at radius 3 is 2.37 bits per heavy atom. The number of carbonyl (C=O) groups excluding carboxylic acids is 1. The maximum absolute atomic E-state index is 13.0. The lowest BCUT2D eigenvalue weighted by Gasteiger charge is -2.43. The number of ether oxygens (including phenoxy) is 2. The molecule has 2 heterocycles. The fraction of sp³-hybridized carbons (Fsp3) is 0.708. The first-order valence-electron chi connectivity index (χ1n) is 11.5. The predicted octanol–water partition coefficient (Wildman–Crippen LogP) is 3.09. The number of hydrogen-bond donors (Lipinski definition) is 1. The Labute approximate surface area is 180 Å². The van der Waals surface area contributed by atoms with E-state index in [1.165, 1.54) is 12.0 Å². The fourth-order valence-corrected chi connectivity index (χ4v) is 5.17. The van der Waals surface area contributed by atoms with Crippen molar-refractivity contribution in [1.82, 2.24) is 15.1 Å². The molecule has 1 N–H and O–H groups in total. The van der Waals surface area contributed by atoms with Gasteiger partial charge < -0.3 is 24.6 Å². The summed E-state index contributed by atoms with van der Waals surface area (Å²) in [6.45, 7) is 4.98. The molecule has 4 rings (SSSR count). The van der Waals surface area contributed by atoms with Crippen molar-refractivity contribution in [2.75, 3.05) is 53.6 Å². The van der Waals surface area contributed by atoms with Gasteiger partial charge in [-0.1, -0.05) is 30.3 Å². The van der Waals surface area contributed by atoms with Gasteiger partial charge in [-0.2, -0.15) is 0 Å². The third-order valence-corrected chi connectivity index (χ3v) is 7.35. The van der Waals surface area contributed by atoms with Crippen molar-refractivity contribution in [2.24, 2.45) is 5.41 Å². The smallest absolute Gasteiger partial charge is 0.320 e. The van der Waals surface area contributed by atoms with Crippen LogP contribution in [-0.2, 0) is 9.47 Å². The van der Waals surface area contributed by atoms with Crippen molar-refractivity contribution < 1.29 is 14.3 Å². The fourth-order valence-electron chi connectivity index (χ4n) is 5.17. The van der Waals surface area contributed by atoms with Crippen molar-refractivity contribution in [3.63, 3.8) is 0 Å². The Balaban J connectivity index is 1.26. The summed E-state index contributed by atoms with van der Waals surface area (Å²) in [7, 11) is 3.56. The minimum atomic E-state index is 0.123. The highest BCUT2D eigenvalue weighted by Crippen LogP contribution is 2.42. The highest BCUT2D eigenvalue weighted by Gasteiger charge is 2.42. The quantitative estimate of drug-likeness (QED) is 0.744. The summed E-state index contributed by atoms with van der Waals surface area (Å²) in [6.07, 6.45) is 5.40. The second kappa shape index (κ2) is 9.67. The Morgan fingerprint density at radius 2 is 1.73 bits per heavy atom. The number of nitrogens with one attached hydrogen (secondary N) is 1. The summed E-state index contributed by atoms with van der Waals surface area (Å²) in [5, 5.41) is 3.81. The molecule has 2 aliphatic heterocycles. The standard InChI is InChI=1S/C24H37N3O3/c1-29-18-24(17-25-22-16-21(22)19-6-4-3-5-7-19)10-14-27(15-11-24)23(28)26-12-8-20(30-2)9-13-26/h3-7,20-22,25H,8-18H2,1-2H3/t21-,22-/m0/s1. The molecule has 166 valence electrons. The normalized spacial score (nSPS) is 26.6. The lowest BCUT2D eigenvalue weighted by Crippen LogP contribution is -2.54. The van der Waals surface area contributed by atoms with E-state index in [1.54, 1.807) is 14.2 Å². The van der Waals surface area contributed by atoms with Crippen molar-refractivity contribution in [3.05, 3.63) is 35.9 Å². The van der Waals surface area contributed by atoms with E-state index in [9.17, 15) is 4.79 Å². The summed E-state index contributed by atoms with van der Waals surface area (Å²) in [4.78, 5) is 17.0. The molecule has 2 atom stereocenters. The Hall–Kier alpha value is -1.63. The molecule has 3 fully saturated rings. The molecule has 3 aliphatic rings. The summed E-state index contributed by atoms with van der Waals surface area (Å²) in [5.41, 5.74) is 1.56. The van der Waals surface area contributed by atoms with Crippen molar-refractivity contribution in [1.29, 1.82) is 0 Å². The maximum Gasteiger partial charge on any atom is 0.320 e. The van der Waals surface area contributed by atoms with E-state index in [4.69, 9.17) is 9.47 Å². The molecule has 0 radical (unpaired) electrons. The molecule has 1 saturated carbocycles. The molecular formula is C24H37N3O3. The van der Waals surface area contributed by atoms with Crippen molar-refractivity contribution in [2.45, 2.75) is 50.2 Å². The Bertz CT molecular complexity index is 682. The zero-order valence-corrected chi connectivity index (χ0v) is 18.5. The second-order valence-electron chi connectivity index (χ2n) is 9.37. The largest absolute Gasteiger partial charge is 0.384 e. The first-order chi connectivity index (χ1) is 14.6. The number of methoxy groups -OCH3 is 2. The Kier molecular flexibility index (Phi) is 6.96. The van der Waals surface area contributed by atoms with Gasteiger partial charge in [0.1, 0.15) is 0 Å². The van der Waals surface area contributed by atoms with Crippen molar-refractivity contribution >= 4 is 6.03 Å². The molecule has 1 aliphatic carbocycles. The number of piperidine rings is 2. The van der Waals surface area contributed by atoms with Gasteiger partial charge in [-0.25, -0.2) is 4.79 Å². The second-order valence-corrected chi connectivity index (χ2v) is 9.37. The zero-order valence-electron chi connectivity index (χ0n) is 18.5. The molecule has 30 heavy (non-hydrogen) atoms. The average molecular weight is 416 g/mol. The molecule has 1 aromatic carbocycles. The van der Waals surface area contributed by atoms with Crippen LogP contribution >= 0.6 is 0 Å². The minimum absolute atomic E-state index is 0.123. The molecule has 2 amide bonds. The van der Waals surface area contributed by atoms with Crippen LogP contribution in [0.25, 0.3) is 0 Å². The highest BCUT2D eigenvalue weighted by molar-refractivity contribution is 5.74. The van der Waals surface area contributed by atoms with E-state index in [0.29, 0.717) is 18.1 Å². The van der Waals surface area contributed by atoms with Crippen LogP contribution in [0.3, 0.4) is 0 Å². The third-order valence-electron chi connectivity index (χ3n) is 7.35. The van der Waals surface area contributed by atoms with Crippen LogP contribution in [0.1, 0.15) is 43.6 Å². The van der Waals surface area contributed by atoms with E-state index < -0.39 is 0 Å². The lowest BCUT2D eigenvalue weighted by molar-refractivity contribution is 0.0174. The van der Waals surface area contributed by atoms with Crippen LogP contribution in [0, 0.1) is 5.41 Å². The Morgan fingerprint density at radius 1 is 1.07 bits per heavy atom. The molecule has 0 bridgehead atoms. The molecule has 0 unspecified atom stereocenters. The van der Waals surface area contributed by atoms with E-state index in [-0.39, 0.29) is 11.4 Å². The topological polar surface area (TPSA) is 54.0 Å². The number of likely N-dealkylation sites (tertiary alicyclic amines) is 2. The van der Waals surface area contributed by atoms with E-state index in [1.807, 2.05) is 9.80 Å². The van der Waals surface area contributed by atoms with Gasteiger partial charge >= 0.3 is 6.03 Å². The molecule has 6 nitrogen and oxygen atoms in total. The third kappa shape index (κ3) is 4.98. The summed E-state index contributed by atoms with van der Waals surface area (Å²) < 4.78 is 11.1. The van der Waals surface area contributed by atoms with Crippen molar-refractivity contribution in [3.8, 4) is 0 Å². The van der Waals surface area contributed by atoms with Gasteiger partial charge in [0.2, 0.25) is 0 Å². The molecule has 0 aromatic heterocycles. The van der Waals surface area contributed by atoms with Crippen LogP contribution in [0.5, 0.6) is 0 Å². The molecule has 1 aromatic rings. The predicted molar refractivity (Wildman–Crippen MR) is 118 cm³/mol. The van der Waals surface area contributed by atoms with Crippen LogP contribution in [0.2, 0.25) is 0 Å². The maximum atomic E-state index is 13.0. The SMILES string of the molecule is COCC1(CN[C@H]2C[C@H]2c2ccccc2)CCN(C(=O)N2CCC(OC)CC2)CC1. The first kappa shape index (κ1) is 21.6. The van der Waals surface area contributed by atoms with Crippen LogP contribution < -0.4 is 5.32 Å². The zero-order chi connectivity index (χ0) is 21.0. The van der Waals surface area contributed by atoms with E-state index in [2.05, 4.69) is 35.6 Å². The number of amides is 2. The molecule has 2 saturated heterocycles. The minimum Gasteiger partial charge on any atom is -0.384 e. The van der Waals surface area contributed by atoms with Gasteiger partial charge in [0, 0.05) is 64.3 Å². The van der Waals surface area contributed by atoms with Gasteiger partial charge in [-0.05, 0) is 37.7 Å². The average Bonchev–Trinajstić information content (AvgIpc) is 3.59. The van der Waals surface area contributed by atoms with Gasteiger partial charge in [0.15, 0.2) is 0 Å². The number of benzene rings is 1. The van der Waals surface area contributed by atoms with Gasteiger partial charge in [-0.3, -0.25) is 0 Å². The van der Waals surface area contributed by atoms with E-state index in [0.717, 1.165) is 65.0 Å².